The standard InChI is InChI=1S/C22H25FN2O2/c1-3-25(15(2)16-11-13-19(23)14-12-16)22(27)21(26)24-20(18-9-10-18)17-7-5-4-6-8-17/h4-8,11-15,18,20H,3,9-10H2,1-2H3,(H,24,26). The van der Waals surface area contributed by atoms with Gasteiger partial charge in [-0.05, 0) is 55.9 Å². The van der Waals surface area contributed by atoms with Crippen molar-refractivity contribution in [3.63, 3.8) is 0 Å². The van der Waals surface area contributed by atoms with Gasteiger partial charge in [0.05, 0.1) is 12.1 Å². The maximum atomic E-state index is 13.2. The van der Waals surface area contributed by atoms with Gasteiger partial charge in [0.1, 0.15) is 5.82 Å². The zero-order valence-corrected chi connectivity index (χ0v) is 15.7. The molecule has 0 radical (unpaired) electrons. The molecular formula is C22H25FN2O2. The summed E-state index contributed by atoms with van der Waals surface area (Å²) in [5, 5.41) is 2.94. The van der Waals surface area contributed by atoms with E-state index in [2.05, 4.69) is 5.32 Å². The third-order valence-electron chi connectivity index (χ3n) is 5.15. The molecule has 3 rings (SSSR count). The molecular weight excluding hydrogens is 343 g/mol. The van der Waals surface area contributed by atoms with Gasteiger partial charge in [0.2, 0.25) is 0 Å². The van der Waals surface area contributed by atoms with E-state index in [1.807, 2.05) is 44.2 Å². The molecule has 0 aliphatic heterocycles. The molecule has 1 saturated carbocycles. The minimum Gasteiger partial charge on any atom is -0.341 e. The summed E-state index contributed by atoms with van der Waals surface area (Å²) in [5.41, 5.74) is 1.82. The van der Waals surface area contributed by atoms with Crippen LogP contribution in [0.5, 0.6) is 0 Å². The number of carbonyl (C=O) groups is 2. The van der Waals surface area contributed by atoms with Crippen LogP contribution in [0.2, 0.25) is 0 Å². The molecule has 2 unspecified atom stereocenters. The summed E-state index contributed by atoms with van der Waals surface area (Å²) in [7, 11) is 0. The van der Waals surface area contributed by atoms with Gasteiger partial charge in [-0.15, -0.1) is 0 Å². The second-order valence-corrected chi connectivity index (χ2v) is 7.02. The highest BCUT2D eigenvalue weighted by Crippen LogP contribution is 2.41. The van der Waals surface area contributed by atoms with E-state index < -0.39 is 11.8 Å². The number of halogens is 1. The van der Waals surface area contributed by atoms with Crippen molar-refractivity contribution in [2.24, 2.45) is 5.92 Å². The lowest BCUT2D eigenvalue weighted by Crippen LogP contribution is -2.45. The molecule has 2 amide bonds. The fourth-order valence-corrected chi connectivity index (χ4v) is 3.41. The fourth-order valence-electron chi connectivity index (χ4n) is 3.41. The van der Waals surface area contributed by atoms with Gasteiger partial charge in [0, 0.05) is 6.54 Å². The first kappa shape index (κ1) is 19.1. The zero-order valence-electron chi connectivity index (χ0n) is 15.7. The Balaban J connectivity index is 1.72. The number of benzene rings is 2. The van der Waals surface area contributed by atoms with Crippen molar-refractivity contribution in [3.8, 4) is 0 Å². The molecule has 0 bridgehead atoms. The molecule has 2 atom stereocenters. The van der Waals surface area contributed by atoms with Crippen molar-refractivity contribution in [1.82, 2.24) is 10.2 Å². The maximum Gasteiger partial charge on any atom is 0.312 e. The molecule has 4 nitrogen and oxygen atoms in total. The molecule has 27 heavy (non-hydrogen) atoms. The smallest absolute Gasteiger partial charge is 0.312 e. The quantitative estimate of drug-likeness (QED) is 0.784. The first-order valence-electron chi connectivity index (χ1n) is 9.43. The number of hydrogen-bond acceptors (Lipinski definition) is 2. The Kier molecular flexibility index (Phi) is 5.89. The van der Waals surface area contributed by atoms with E-state index in [1.54, 1.807) is 12.1 Å². The molecule has 2 aromatic carbocycles. The molecule has 0 saturated heterocycles. The zero-order chi connectivity index (χ0) is 19.4. The summed E-state index contributed by atoms with van der Waals surface area (Å²) in [6, 6.07) is 15.3. The number of likely N-dealkylation sites (N-methyl/N-ethyl adjacent to an activating group) is 1. The van der Waals surface area contributed by atoms with E-state index in [0.29, 0.717) is 12.5 Å². The van der Waals surface area contributed by atoms with Gasteiger partial charge in [0.25, 0.3) is 0 Å². The summed E-state index contributed by atoms with van der Waals surface area (Å²) in [4.78, 5) is 27.0. The van der Waals surface area contributed by atoms with Gasteiger partial charge >= 0.3 is 11.8 Å². The van der Waals surface area contributed by atoms with Gasteiger partial charge in [-0.25, -0.2) is 4.39 Å². The highest BCUT2D eigenvalue weighted by molar-refractivity contribution is 6.35. The van der Waals surface area contributed by atoms with Crippen LogP contribution >= 0.6 is 0 Å². The third kappa shape index (κ3) is 4.54. The molecule has 5 heteroatoms. The van der Waals surface area contributed by atoms with Crippen LogP contribution in [0, 0.1) is 11.7 Å². The van der Waals surface area contributed by atoms with Crippen molar-refractivity contribution in [2.45, 2.75) is 38.8 Å². The largest absolute Gasteiger partial charge is 0.341 e. The van der Waals surface area contributed by atoms with Crippen LogP contribution in [0.1, 0.15) is 49.9 Å². The summed E-state index contributed by atoms with van der Waals surface area (Å²) in [6.45, 7) is 4.07. The van der Waals surface area contributed by atoms with Gasteiger partial charge in [0.15, 0.2) is 0 Å². The van der Waals surface area contributed by atoms with Crippen molar-refractivity contribution in [1.29, 1.82) is 0 Å². The maximum absolute atomic E-state index is 13.2. The molecule has 0 heterocycles. The Morgan fingerprint density at radius 2 is 1.70 bits per heavy atom. The van der Waals surface area contributed by atoms with Gasteiger partial charge < -0.3 is 10.2 Å². The Morgan fingerprint density at radius 3 is 2.26 bits per heavy atom. The highest BCUT2D eigenvalue weighted by atomic mass is 19.1. The summed E-state index contributed by atoms with van der Waals surface area (Å²) < 4.78 is 13.2. The first-order chi connectivity index (χ1) is 13.0. The van der Waals surface area contributed by atoms with E-state index in [4.69, 9.17) is 0 Å². The molecule has 1 fully saturated rings. The number of carbonyl (C=O) groups excluding carboxylic acids is 2. The molecule has 1 aliphatic rings. The van der Waals surface area contributed by atoms with Crippen LogP contribution in [0.25, 0.3) is 0 Å². The van der Waals surface area contributed by atoms with Crippen LogP contribution in [-0.4, -0.2) is 23.3 Å². The van der Waals surface area contributed by atoms with Gasteiger partial charge in [-0.1, -0.05) is 42.5 Å². The lowest BCUT2D eigenvalue weighted by Gasteiger charge is -2.29. The topological polar surface area (TPSA) is 49.4 Å². The molecule has 1 aliphatic carbocycles. The van der Waals surface area contributed by atoms with Crippen molar-refractivity contribution in [3.05, 3.63) is 71.5 Å². The van der Waals surface area contributed by atoms with E-state index in [0.717, 1.165) is 24.0 Å². The molecule has 2 aromatic rings. The number of nitrogens with one attached hydrogen (secondary N) is 1. The Labute approximate surface area is 159 Å². The molecule has 1 N–H and O–H groups in total. The second kappa shape index (κ2) is 8.33. The minimum absolute atomic E-state index is 0.137. The predicted molar refractivity (Wildman–Crippen MR) is 102 cm³/mol. The SMILES string of the molecule is CCN(C(=O)C(=O)NC(c1ccccc1)C1CC1)C(C)c1ccc(F)cc1. The number of rotatable bonds is 6. The Bertz CT molecular complexity index is 788. The van der Waals surface area contributed by atoms with E-state index in [1.165, 1.54) is 17.0 Å². The lowest BCUT2D eigenvalue weighted by atomic mass is 10.0. The monoisotopic (exact) mass is 368 g/mol. The first-order valence-corrected chi connectivity index (χ1v) is 9.43. The Morgan fingerprint density at radius 1 is 1.07 bits per heavy atom. The summed E-state index contributed by atoms with van der Waals surface area (Å²) >= 11 is 0. The molecule has 0 aromatic heterocycles. The average Bonchev–Trinajstić information content (AvgIpc) is 3.52. The summed E-state index contributed by atoms with van der Waals surface area (Å²) in [5.74, 6) is -1.09. The molecule has 142 valence electrons. The fraction of sp³-hybridized carbons (Fsp3) is 0.364. The van der Waals surface area contributed by atoms with Crippen molar-refractivity contribution < 1.29 is 14.0 Å². The van der Waals surface area contributed by atoms with Crippen molar-refractivity contribution in [2.75, 3.05) is 6.54 Å². The third-order valence-corrected chi connectivity index (χ3v) is 5.15. The predicted octanol–water partition coefficient (Wildman–Crippen LogP) is 4.00. The van der Waals surface area contributed by atoms with Gasteiger partial charge in [-0.3, -0.25) is 9.59 Å². The van der Waals surface area contributed by atoms with Crippen LogP contribution < -0.4 is 5.32 Å². The highest BCUT2D eigenvalue weighted by Gasteiger charge is 2.35. The Hall–Kier alpha value is -2.69. The second-order valence-electron chi connectivity index (χ2n) is 7.02. The normalized spacial score (nSPS) is 15.7. The minimum atomic E-state index is -0.591. The summed E-state index contributed by atoms with van der Waals surface area (Å²) in [6.07, 6.45) is 2.11. The lowest BCUT2D eigenvalue weighted by molar-refractivity contribution is -0.147. The van der Waals surface area contributed by atoms with E-state index in [9.17, 15) is 14.0 Å². The molecule has 0 spiro atoms. The van der Waals surface area contributed by atoms with Crippen LogP contribution in [0.3, 0.4) is 0 Å². The van der Waals surface area contributed by atoms with Crippen LogP contribution in [-0.2, 0) is 9.59 Å². The number of nitrogens with zero attached hydrogens (tertiary/aromatic N) is 1. The van der Waals surface area contributed by atoms with Crippen LogP contribution in [0.4, 0.5) is 4.39 Å². The number of amides is 2. The van der Waals surface area contributed by atoms with Crippen LogP contribution in [0.15, 0.2) is 54.6 Å². The van der Waals surface area contributed by atoms with E-state index >= 15 is 0 Å². The van der Waals surface area contributed by atoms with Crippen molar-refractivity contribution >= 4 is 11.8 Å². The average molecular weight is 368 g/mol. The van der Waals surface area contributed by atoms with E-state index in [-0.39, 0.29) is 17.9 Å². The van der Waals surface area contributed by atoms with Gasteiger partial charge in [-0.2, -0.15) is 0 Å². The number of hydrogen-bond donors (Lipinski definition) is 1.